The fourth-order valence-electron chi connectivity index (χ4n) is 0.913. The zero-order chi connectivity index (χ0) is 10.6. The van der Waals surface area contributed by atoms with Gasteiger partial charge in [-0.05, 0) is 11.6 Å². The van der Waals surface area contributed by atoms with Crippen LogP contribution < -0.4 is 0 Å². The summed E-state index contributed by atoms with van der Waals surface area (Å²) >= 11 is 3.20. The van der Waals surface area contributed by atoms with Crippen LogP contribution in [0.3, 0.4) is 0 Å². The number of nitro benzene ring substituents is 1. The van der Waals surface area contributed by atoms with Gasteiger partial charge in [0, 0.05) is 16.6 Å². The highest BCUT2D eigenvalue weighted by atomic mass is 79.9. The lowest BCUT2D eigenvalue weighted by molar-refractivity contribution is -0.384. The monoisotopic (exact) mass is 256 g/mol. The molecule has 72 valence electrons. The number of benzene rings is 1. The van der Waals surface area contributed by atoms with Crippen LogP contribution >= 0.6 is 15.9 Å². The molecular formula is C8H5BrN2O3. The van der Waals surface area contributed by atoms with Gasteiger partial charge < -0.3 is 0 Å². The third-order valence-electron chi connectivity index (χ3n) is 1.55. The Kier molecular flexibility index (Phi) is 3.50. The van der Waals surface area contributed by atoms with Crippen molar-refractivity contribution < 1.29 is 9.72 Å². The van der Waals surface area contributed by atoms with Crippen molar-refractivity contribution in [3.05, 3.63) is 38.3 Å². The first-order chi connectivity index (χ1) is 6.65. The molecule has 1 aromatic rings. The molecule has 0 heterocycles. The third kappa shape index (κ3) is 2.48. The highest BCUT2D eigenvalue weighted by molar-refractivity contribution is 9.10. The van der Waals surface area contributed by atoms with Gasteiger partial charge in [0.05, 0.1) is 11.5 Å². The first-order valence-electron chi connectivity index (χ1n) is 3.61. The van der Waals surface area contributed by atoms with Gasteiger partial charge in [0.25, 0.3) is 5.69 Å². The van der Waals surface area contributed by atoms with E-state index in [-0.39, 0.29) is 12.2 Å². The van der Waals surface area contributed by atoms with E-state index < -0.39 is 4.92 Å². The zero-order valence-corrected chi connectivity index (χ0v) is 8.52. The number of aliphatic imine (C=N–C) groups is 1. The number of halogens is 1. The van der Waals surface area contributed by atoms with Crippen LogP contribution in [-0.4, -0.2) is 11.0 Å². The summed E-state index contributed by atoms with van der Waals surface area (Å²) in [5, 5.41) is 10.4. The average molecular weight is 257 g/mol. The van der Waals surface area contributed by atoms with E-state index in [4.69, 9.17) is 0 Å². The van der Waals surface area contributed by atoms with Crippen LogP contribution in [0.25, 0.3) is 0 Å². The molecule has 0 spiro atoms. The molecule has 14 heavy (non-hydrogen) atoms. The molecule has 0 radical (unpaired) electrons. The summed E-state index contributed by atoms with van der Waals surface area (Å²) in [4.78, 5) is 23.1. The molecule has 0 fully saturated rings. The first-order valence-corrected chi connectivity index (χ1v) is 4.41. The number of hydrogen-bond donors (Lipinski definition) is 0. The lowest BCUT2D eigenvalue weighted by Gasteiger charge is -1.99. The molecule has 6 heteroatoms. The fraction of sp³-hybridized carbons (Fsp3) is 0.125. The second-order valence-electron chi connectivity index (χ2n) is 2.44. The predicted octanol–water partition coefficient (Wildman–Crippen LogP) is 2.19. The van der Waals surface area contributed by atoms with Crippen LogP contribution in [0.15, 0.2) is 27.7 Å². The van der Waals surface area contributed by atoms with Crippen molar-refractivity contribution >= 4 is 27.7 Å². The molecule has 0 aliphatic heterocycles. The Bertz CT molecular complexity index is 413. The molecule has 0 amide bonds. The van der Waals surface area contributed by atoms with Gasteiger partial charge in [-0.2, -0.15) is 0 Å². The van der Waals surface area contributed by atoms with Crippen LogP contribution in [0.1, 0.15) is 5.56 Å². The highest BCUT2D eigenvalue weighted by Gasteiger charge is 2.08. The Hall–Kier alpha value is -1.52. The van der Waals surface area contributed by atoms with Crippen molar-refractivity contribution in [3.63, 3.8) is 0 Å². The van der Waals surface area contributed by atoms with Gasteiger partial charge in [-0.15, -0.1) is 0 Å². The van der Waals surface area contributed by atoms with Gasteiger partial charge in [0.1, 0.15) is 0 Å². The van der Waals surface area contributed by atoms with Crippen LogP contribution in [0.5, 0.6) is 0 Å². The molecule has 0 aliphatic rings. The van der Waals surface area contributed by atoms with Crippen molar-refractivity contribution in [2.45, 2.75) is 6.54 Å². The van der Waals surface area contributed by atoms with Gasteiger partial charge in [-0.3, -0.25) is 10.1 Å². The normalized spacial score (nSPS) is 9.21. The Morgan fingerprint density at radius 2 is 2.29 bits per heavy atom. The topological polar surface area (TPSA) is 72.6 Å². The minimum absolute atomic E-state index is 0.0238. The molecule has 5 nitrogen and oxygen atoms in total. The number of nitrogens with zero attached hydrogens (tertiary/aromatic N) is 2. The van der Waals surface area contributed by atoms with Crippen LogP contribution in [-0.2, 0) is 11.3 Å². The van der Waals surface area contributed by atoms with E-state index in [0.29, 0.717) is 10.0 Å². The number of carbonyl (C=O) groups excluding carboxylic acids is 1. The van der Waals surface area contributed by atoms with E-state index in [0.717, 1.165) is 0 Å². The van der Waals surface area contributed by atoms with Crippen molar-refractivity contribution in [1.29, 1.82) is 0 Å². The number of hydrogen-bond acceptors (Lipinski definition) is 4. The minimum atomic E-state index is -0.499. The second kappa shape index (κ2) is 4.64. The molecule has 0 aliphatic carbocycles. The molecule has 0 saturated heterocycles. The standard InChI is InChI=1S/C8H5BrN2O3/c9-8-2-1-7(11(13)14)3-6(8)4-10-5-12/h1-3H,4H2. The molecule has 0 aromatic heterocycles. The summed E-state index contributed by atoms with van der Waals surface area (Å²) in [5.74, 6) is 0. The smallest absolute Gasteiger partial charge is 0.258 e. The van der Waals surface area contributed by atoms with Gasteiger partial charge >= 0.3 is 0 Å². The zero-order valence-electron chi connectivity index (χ0n) is 6.94. The second-order valence-corrected chi connectivity index (χ2v) is 3.29. The van der Waals surface area contributed by atoms with Crippen LogP contribution in [0, 0.1) is 10.1 Å². The number of rotatable bonds is 3. The molecule has 0 bridgehead atoms. The number of isocyanates is 1. The Morgan fingerprint density at radius 1 is 1.57 bits per heavy atom. The Labute approximate surface area is 87.7 Å². The molecule has 0 saturated carbocycles. The molecule has 1 rings (SSSR count). The van der Waals surface area contributed by atoms with E-state index in [2.05, 4.69) is 20.9 Å². The summed E-state index contributed by atoms with van der Waals surface area (Å²) in [6.07, 6.45) is 1.38. The van der Waals surface area contributed by atoms with E-state index in [1.54, 1.807) is 6.07 Å². The summed E-state index contributed by atoms with van der Waals surface area (Å²) < 4.78 is 0.683. The Morgan fingerprint density at radius 3 is 2.86 bits per heavy atom. The summed E-state index contributed by atoms with van der Waals surface area (Å²) in [6.45, 7) is 0.0891. The quantitative estimate of drug-likeness (QED) is 0.360. The summed E-state index contributed by atoms with van der Waals surface area (Å²) in [6, 6.07) is 4.29. The molecule has 0 atom stereocenters. The largest absolute Gasteiger partial charge is 0.269 e. The van der Waals surface area contributed by atoms with E-state index >= 15 is 0 Å². The average Bonchev–Trinajstić information content (AvgIpc) is 2.16. The molecule has 0 N–H and O–H groups in total. The van der Waals surface area contributed by atoms with E-state index in [9.17, 15) is 14.9 Å². The third-order valence-corrected chi connectivity index (χ3v) is 2.33. The summed E-state index contributed by atoms with van der Waals surface area (Å²) in [5.41, 5.74) is 0.562. The van der Waals surface area contributed by atoms with Gasteiger partial charge in [0.15, 0.2) is 0 Å². The van der Waals surface area contributed by atoms with Crippen molar-refractivity contribution in [1.82, 2.24) is 0 Å². The highest BCUT2D eigenvalue weighted by Crippen LogP contribution is 2.22. The number of non-ortho nitro benzene ring substituents is 1. The maximum Gasteiger partial charge on any atom is 0.269 e. The minimum Gasteiger partial charge on any atom is -0.258 e. The van der Waals surface area contributed by atoms with Crippen molar-refractivity contribution in [2.24, 2.45) is 4.99 Å². The number of nitro groups is 1. The predicted molar refractivity (Wildman–Crippen MR) is 52.6 cm³/mol. The van der Waals surface area contributed by atoms with Crippen molar-refractivity contribution in [3.8, 4) is 0 Å². The van der Waals surface area contributed by atoms with E-state index in [1.807, 2.05) is 0 Å². The summed E-state index contributed by atoms with van der Waals surface area (Å²) in [7, 11) is 0. The van der Waals surface area contributed by atoms with Crippen LogP contribution in [0.4, 0.5) is 5.69 Å². The first kappa shape index (κ1) is 10.6. The maximum atomic E-state index is 10.4. The van der Waals surface area contributed by atoms with Gasteiger partial charge in [-0.25, -0.2) is 9.79 Å². The maximum absolute atomic E-state index is 10.4. The Balaban J connectivity index is 3.07. The lowest BCUT2D eigenvalue weighted by Crippen LogP contribution is -1.91. The molecular weight excluding hydrogens is 252 g/mol. The lowest BCUT2D eigenvalue weighted by atomic mass is 10.2. The van der Waals surface area contributed by atoms with Gasteiger partial charge in [-0.1, -0.05) is 15.9 Å². The van der Waals surface area contributed by atoms with Crippen molar-refractivity contribution in [2.75, 3.05) is 0 Å². The van der Waals surface area contributed by atoms with Gasteiger partial charge in [0.2, 0.25) is 6.08 Å². The van der Waals surface area contributed by atoms with Crippen LogP contribution in [0.2, 0.25) is 0 Å². The fourth-order valence-corrected chi connectivity index (χ4v) is 1.29. The van der Waals surface area contributed by atoms with E-state index in [1.165, 1.54) is 18.2 Å². The molecule has 0 unspecified atom stereocenters. The SMILES string of the molecule is O=C=NCc1cc([N+](=O)[O-])ccc1Br. The molecule has 1 aromatic carbocycles.